The van der Waals surface area contributed by atoms with Gasteiger partial charge in [0.2, 0.25) is 5.24 Å². The smallest absolute Gasteiger partial charge is 0.221 e. The molecule has 1 aromatic carbocycles. The van der Waals surface area contributed by atoms with E-state index in [2.05, 4.69) is 25.1 Å². The lowest BCUT2D eigenvalue weighted by Gasteiger charge is -2.00. The van der Waals surface area contributed by atoms with Crippen molar-refractivity contribution in [2.45, 2.75) is 26.2 Å². The summed E-state index contributed by atoms with van der Waals surface area (Å²) in [4.78, 5) is 10.5. The van der Waals surface area contributed by atoms with Crippen LogP contribution in [-0.4, -0.2) is 5.24 Å². The van der Waals surface area contributed by atoms with E-state index in [9.17, 15) is 4.79 Å². The Morgan fingerprint density at radius 1 is 1.46 bits per heavy atom. The molecule has 0 amide bonds. The van der Waals surface area contributed by atoms with Crippen molar-refractivity contribution in [3.8, 4) is 0 Å². The zero-order chi connectivity index (χ0) is 9.68. The molecule has 0 unspecified atom stereocenters. The standard InChI is InChI=1S/C11H13ClO/c1-9-4-2-5-10(8-9)6-3-7-11(12)13/h2,4-5,8H,3,6-7H2,1H3. The van der Waals surface area contributed by atoms with Gasteiger partial charge in [-0.1, -0.05) is 29.8 Å². The van der Waals surface area contributed by atoms with Crippen molar-refractivity contribution in [3.63, 3.8) is 0 Å². The first-order valence-electron chi connectivity index (χ1n) is 4.42. The number of carbonyl (C=O) groups excluding carboxylic acids is 1. The van der Waals surface area contributed by atoms with Crippen LogP contribution >= 0.6 is 11.6 Å². The van der Waals surface area contributed by atoms with Gasteiger partial charge < -0.3 is 0 Å². The van der Waals surface area contributed by atoms with Crippen LogP contribution in [0.2, 0.25) is 0 Å². The summed E-state index contributed by atoms with van der Waals surface area (Å²) in [5.74, 6) is 0. The van der Waals surface area contributed by atoms with Crippen molar-refractivity contribution in [2.75, 3.05) is 0 Å². The van der Waals surface area contributed by atoms with Crippen LogP contribution in [0, 0.1) is 6.92 Å². The van der Waals surface area contributed by atoms with Gasteiger partial charge in [0.1, 0.15) is 0 Å². The fraction of sp³-hybridized carbons (Fsp3) is 0.364. The topological polar surface area (TPSA) is 17.1 Å². The molecule has 0 aliphatic rings. The Bertz CT molecular complexity index is 294. The van der Waals surface area contributed by atoms with Crippen LogP contribution in [0.1, 0.15) is 24.0 Å². The molecule has 1 nitrogen and oxygen atoms in total. The highest BCUT2D eigenvalue weighted by Gasteiger charge is 1.97. The van der Waals surface area contributed by atoms with Gasteiger partial charge in [-0.25, -0.2) is 0 Å². The Labute approximate surface area is 83.7 Å². The molecule has 13 heavy (non-hydrogen) atoms. The van der Waals surface area contributed by atoms with Crippen LogP contribution in [0.3, 0.4) is 0 Å². The van der Waals surface area contributed by atoms with E-state index in [4.69, 9.17) is 11.6 Å². The highest BCUT2D eigenvalue weighted by atomic mass is 35.5. The maximum Gasteiger partial charge on any atom is 0.221 e. The van der Waals surface area contributed by atoms with Crippen molar-refractivity contribution >= 4 is 16.8 Å². The van der Waals surface area contributed by atoms with Crippen LogP contribution in [0.15, 0.2) is 24.3 Å². The second-order valence-electron chi connectivity index (χ2n) is 3.20. The molecule has 0 saturated carbocycles. The molecule has 0 aromatic heterocycles. The molecule has 0 fully saturated rings. The molecule has 0 heterocycles. The third kappa shape index (κ3) is 4.09. The summed E-state index contributed by atoms with van der Waals surface area (Å²) in [6.07, 6.45) is 2.24. The average molecular weight is 197 g/mol. The first-order chi connectivity index (χ1) is 6.18. The predicted octanol–water partition coefficient (Wildman–Crippen LogP) is 3.08. The lowest BCUT2D eigenvalue weighted by atomic mass is 10.1. The summed E-state index contributed by atoms with van der Waals surface area (Å²) in [5, 5.41) is -0.243. The largest absolute Gasteiger partial charge is 0.281 e. The van der Waals surface area contributed by atoms with Crippen molar-refractivity contribution in [2.24, 2.45) is 0 Å². The quantitative estimate of drug-likeness (QED) is 0.677. The molecular weight excluding hydrogens is 184 g/mol. The number of benzene rings is 1. The predicted molar refractivity (Wildman–Crippen MR) is 55.0 cm³/mol. The maximum atomic E-state index is 10.5. The third-order valence-electron chi connectivity index (χ3n) is 1.92. The van der Waals surface area contributed by atoms with Crippen molar-refractivity contribution in [3.05, 3.63) is 35.4 Å². The Morgan fingerprint density at radius 2 is 2.23 bits per heavy atom. The number of aryl methyl sites for hydroxylation is 2. The van der Waals surface area contributed by atoms with Crippen molar-refractivity contribution in [1.82, 2.24) is 0 Å². The van der Waals surface area contributed by atoms with Crippen LogP contribution < -0.4 is 0 Å². The van der Waals surface area contributed by atoms with E-state index in [0.29, 0.717) is 6.42 Å². The van der Waals surface area contributed by atoms with Crippen molar-refractivity contribution in [1.29, 1.82) is 0 Å². The average Bonchev–Trinajstić information content (AvgIpc) is 2.03. The van der Waals surface area contributed by atoms with Gasteiger partial charge in [-0.2, -0.15) is 0 Å². The van der Waals surface area contributed by atoms with E-state index in [1.54, 1.807) is 0 Å². The van der Waals surface area contributed by atoms with Crippen molar-refractivity contribution < 1.29 is 4.79 Å². The lowest BCUT2D eigenvalue weighted by Crippen LogP contribution is -1.90. The molecule has 0 radical (unpaired) electrons. The van der Waals surface area contributed by atoms with Gasteiger partial charge in [0, 0.05) is 6.42 Å². The second kappa shape index (κ2) is 5.03. The Kier molecular flexibility index (Phi) is 3.97. The summed E-state index contributed by atoms with van der Waals surface area (Å²) in [7, 11) is 0. The van der Waals surface area contributed by atoms with E-state index in [-0.39, 0.29) is 5.24 Å². The molecule has 1 aromatic rings. The number of halogens is 1. The monoisotopic (exact) mass is 196 g/mol. The molecule has 0 bridgehead atoms. The van der Waals surface area contributed by atoms with Gasteiger partial charge in [0.05, 0.1) is 0 Å². The summed E-state index contributed by atoms with van der Waals surface area (Å²) in [6, 6.07) is 8.31. The third-order valence-corrected chi connectivity index (χ3v) is 2.11. The van der Waals surface area contributed by atoms with Gasteiger partial charge >= 0.3 is 0 Å². The number of hydrogen-bond donors (Lipinski definition) is 0. The maximum absolute atomic E-state index is 10.5. The van der Waals surface area contributed by atoms with E-state index in [1.165, 1.54) is 11.1 Å². The molecule has 0 aliphatic carbocycles. The molecule has 1 rings (SSSR count). The normalized spacial score (nSPS) is 10.0. The van der Waals surface area contributed by atoms with Gasteiger partial charge in [0.15, 0.2) is 0 Å². The second-order valence-corrected chi connectivity index (χ2v) is 3.62. The summed E-state index contributed by atoms with van der Waals surface area (Å²) >= 11 is 5.24. The molecule has 0 atom stereocenters. The molecule has 0 saturated heterocycles. The fourth-order valence-corrected chi connectivity index (χ4v) is 1.43. The molecule has 0 spiro atoms. The van der Waals surface area contributed by atoms with Gasteiger partial charge in [-0.3, -0.25) is 4.79 Å². The van der Waals surface area contributed by atoms with Crippen LogP contribution in [-0.2, 0) is 11.2 Å². The summed E-state index contributed by atoms with van der Waals surface area (Å²) in [6.45, 7) is 2.07. The van der Waals surface area contributed by atoms with E-state index in [0.717, 1.165) is 12.8 Å². The Hall–Kier alpha value is -0.820. The van der Waals surface area contributed by atoms with E-state index in [1.807, 2.05) is 6.07 Å². The molecule has 70 valence electrons. The zero-order valence-electron chi connectivity index (χ0n) is 7.72. The zero-order valence-corrected chi connectivity index (χ0v) is 8.47. The highest BCUT2D eigenvalue weighted by molar-refractivity contribution is 6.63. The first-order valence-corrected chi connectivity index (χ1v) is 4.80. The van der Waals surface area contributed by atoms with Gasteiger partial charge in [-0.05, 0) is 36.9 Å². The number of carbonyl (C=O) groups is 1. The SMILES string of the molecule is Cc1cccc(CCCC(=O)Cl)c1. The lowest BCUT2D eigenvalue weighted by molar-refractivity contribution is -0.111. The molecule has 0 aliphatic heterocycles. The van der Waals surface area contributed by atoms with E-state index < -0.39 is 0 Å². The van der Waals surface area contributed by atoms with Crippen LogP contribution in [0.5, 0.6) is 0 Å². The van der Waals surface area contributed by atoms with Gasteiger partial charge in [0.25, 0.3) is 0 Å². The molecular formula is C11H13ClO. The minimum atomic E-state index is -0.243. The van der Waals surface area contributed by atoms with E-state index >= 15 is 0 Å². The Morgan fingerprint density at radius 3 is 2.85 bits per heavy atom. The van der Waals surface area contributed by atoms with Crippen LogP contribution in [0.25, 0.3) is 0 Å². The first kappa shape index (κ1) is 10.3. The molecule has 2 heteroatoms. The van der Waals surface area contributed by atoms with Gasteiger partial charge in [-0.15, -0.1) is 0 Å². The minimum absolute atomic E-state index is 0.243. The van der Waals surface area contributed by atoms with Crippen LogP contribution in [0.4, 0.5) is 0 Å². The highest BCUT2D eigenvalue weighted by Crippen LogP contribution is 2.08. The summed E-state index contributed by atoms with van der Waals surface area (Å²) in [5.41, 5.74) is 2.53. The number of hydrogen-bond acceptors (Lipinski definition) is 1. The fourth-order valence-electron chi connectivity index (χ4n) is 1.30. The minimum Gasteiger partial charge on any atom is -0.281 e. The number of rotatable bonds is 4. The Balaban J connectivity index is 2.41. The summed E-state index contributed by atoms with van der Waals surface area (Å²) < 4.78 is 0. The molecule has 0 N–H and O–H groups in total.